The molecule has 1 aromatic carbocycles. The van der Waals surface area contributed by atoms with Crippen LogP contribution in [0, 0.1) is 5.82 Å². The van der Waals surface area contributed by atoms with Gasteiger partial charge in [0.1, 0.15) is 5.82 Å². The third kappa shape index (κ3) is 2.35. The Hall–Kier alpha value is -2.34. The second kappa shape index (κ2) is 5.46. The van der Waals surface area contributed by atoms with Crippen molar-refractivity contribution >= 4 is 17.5 Å². The van der Waals surface area contributed by atoms with Crippen LogP contribution in [-0.2, 0) is 17.9 Å². The van der Waals surface area contributed by atoms with Gasteiger partial charge in [0.15, 0.2) is 11.6 Å². The molecule has 0 saturated carbocycles. The molecule has 2 aromatic rings. The molecular formula is C15H13ClFN3O2. The SMILES string of the molecule is C=CC(=O)N1CCn2c(-c3cc(F)c(O)c(Cl)c3)cnc2C1. The van der Waals surface area contributed by atoms with E-state index in [-0.39, 0.29) is 10.9 Å². The van der Waals surface area contributed by atoms with Crippen molar-refractivity contribution in [1.82, 2.24) is 14.5 Å². The Morgan fingerprint density at radius 1 is 1.45 bits per heavy atom. The van der Waals surface area contributed by atoms with Gasteiger partial charge in [-0.25, -0.2) is 9.37 Å². The average molecular weight is 322 g/mol. The topological polar surface area (TPSA) is 58.4 Å². The number of fused-ring (bicyclic) bond motifs is 1. The van der Waals surface area contributed by atoms with Crippen LogP contribution < -0.4 is 0 Å². The number of benzene rings is 1. The van der Waals surface area contributed by atoms with Crippen LogP contribution >= 0.6 is 11.6 Å². The lowest BCUT2D eigenvalue weighted by Crippen LogP contribution is -2.37. The maximum Gasteiger partial charge on any atom is 0.246 e. The van der Waals surface area contributed by atoms with E-state index in [9.17, 15) is 14.3 Å². The first kappa shape index (κ1) is 14.6. The molecule has 0 fully saturated rings. The van der Waals surface area contributed by atoms with Gasteiger partial charge < -0.3 is 14.6 Å². The Bertz CT molecular complexity index is 749. The fourth-order valence-corrected chi connectivity index (χ4v) is 2.73. The highest BCUT2D eigenvalue weighted by atomic mass is 35.5. The Kier molecular flexibility index (Phi) is 3.62. The Morgan fingerprint density at radius 2 is 2.23 bits per heavy atom. The highest BCUT2D eigenvalue weighted by Gasteiger charge is 2.23. The number of carbonyl (C=O) groups is 1. The summed E-state index contributed by atoms with van der Waals surface area (Å²) in [5.41, 5.74) is 1.23. The normalized spacial score (nSPS) is 13.8. The molecule has 1 aliphatic rings. The first-order valence-electron chi connectivity index (χ1n) is 6.65. The standard InChI is InChI=1S/C15H13ClFN3O2/c1-2-14(21)19-3-4-20-12(7-18-13(20)8-19)9-5-10(16)15(22)11(17)6-9/h2,5-7,22H,1,3-4,8H2. The van der Waals surface area contributed by atoms with E-state index in [1.807, 2.05) is 4.57 Å². The summed E-state index contributed by atoms with van der Waals surface area (Å²) in [7, 11) is 0. The number of phenolic OH excluding ortho intramolecular Hbond substituents is 1. The minimum Gasteiger partial charge on any atom is -0.504 e. The second-order valence-electron chi connectivity index (χ2n) is 4.96. The van der Waals surface area contributed by atoms with Crippen LogP contribution in [0.15, 0.2) is 31.0 Å². The highest BCUT2D eigenvalue weighted by molar-refractivity contribution is 6.32. The number of halogens is 2. The molecule has 0 spiro atoms. The second-order valence-corrected chi connectivity index (χ2v) is 5.37. The zero-order chi connectivity index (χ0) is 15.9. The van der Waals surface area contributed by atoms with Gasteiger partial charge in [0, 0.05) is 18.7 Å². The summed E-state index contributed by atoms with van der Waals surface area (Å²) in [5, 5.41) is 9.36. The van der Waals surface area contributed by atoms with E-state index in [1.165, 1.54) is 18.2 Å². The molecule has 0 bridgehead atoms. The maximum atomic E-state index is 13.6. The number of carbonyl (C=O) groups excluding carboxylic acids is 1. The number of rotatable bonds is 2. The van der Waals surface area contributed by atoms with Gasteiger partial charge in [0.25, 0.3) is 0 Å². The summed E-state index contributed by atoms with van der Waals surface area (Å²) in [4.78, 5) is 17.6. The predicted octanol–water partition coefficient (Wildman–Crippen LogP) is 2.58. The molecule has 0 atom stereocenters. The quantitative estimate of drug-likeness (QED) is 0.865. The maximum absolute atomic E-state index is 13.6. The van der Waals surface area contributed by atoms with Gasteiger partial charge in [0.2, 0.25) is 5.91 Å². The van der Waals surface area contributed by atoms with Crippen molar-refractivity contribution in [3.05, 3.63) is 47.6 Å². The average Bonchev–Trinajstić information content (AvgIpc) is 2.94. The van der Waals surface area contributed by atoms with Crippen molar-refractivity contribution < 1.29 is 14.3 Å². The highest BCUT2D eigenvalue weighted by Crippen LogP contribution is 2.33. The Balaban J connectivity index is 1.98. The number of imidazole rings is 1. The van der Waals surface area contributed by atoms with Crippen LogP contribution in [0.4, 0.5) is 4.39 Å². The summed E-state index contributed by atoms with van der Waals surface area (Å²) in [5.74, 6) is -0.778. The van der Waals surface area contributed by atoms with E-state index >= 15 is 0 Å². The van der Waals surface area contributed by atoms with Gasteiger partial charge in [-0.1, -0.05) is 18.2 Å². The van der Waals surface area contributed by atoms with Gasteiger partial charge in [-0.05, 0) is 18.2 Å². The largest absolute Gasteiger partial charge is 0.504 e. The van der Waals surface area contributed by atoms with Gasteiger partial charge >= 0.3 is 0 Å². The number of aromatic hydroxyl groups is 1. The van der Waals surface area contributed by atoms with Crippen LogP contribution in [0.1, 0.15) is 5.82 Å². The smallest absolute Gasteiger partial charge is 0.246 e. The molecule has 2 heterocycles. The molecule has 0 aliphatic carbocycles. The number of amides is 1. The molecule has 0 saturated heterocycles. The van der Waals surface area contributed by atoms with E-state index in [2.05, 4.69) is 11.6 Å². The molecule has 114 valence electrons. The third-order valence-corrected chi connectivity index (χ3v) is 3.95. The van der Waals surface area contributed by atoms with Crippen LogP contribution in [0.5, 0.6) is 5.75 Å². The molecule has 3 rings (SSSR count). The molecule has 7 heteroatoms. The number of hydrogen-bond donors (Lipinski definition) is 1. The molecule has 5 nitrogen and oxygen atoms in total. The fourth-order valence-electron chi connectivity index (χ4n) is 2.52. The molecule has 22 heavy (non-hydrogen) atoms. The molecule has 0 unspecified atom stereocenters. The molecule has 1 amide bonds. The summed E-state index contributed by atoms with van der Waals surface area (Å²) in [6, 6.07) is 2.71. The lowest BCUT2D eigenvalue weighted by molar-refractivity contribution is -0.127. The van der Waals surface area contributed by atoms with Gasteiger partial charge in [-0.2, -0.15) is 0 Å². The lowest BCUT2D eigenvalue weighted by atomic mass is 10.1. The first-order valence-corrected chi connectivity index (χ1v) is 7.03. The molecule has 1 aromatic heterocycles. The molecular weight excluding hydrogens is 309 g/mol. The first-order chi connectivity index (χ1) is 10.5. The van der Waals surface area contributed by atoms with Crippen molar-refractivity contribution in [3.63, 3.8) is 0 Å². The van der Waals surface area contributed by atoms with E-state index in [0.717, 1.165) is 0 Å². The molecule has 1 aliphatic heterocycles. The van der Waals surface area contributed by atoms with E-state index in [0.29, 0.717) is 36.7 Å². The van der Waals surface area contributed by atoms with Crippen molar-refractivity contribution in [2.75, 3.05) is 6.54 Å². The molecule has 0 radical (unpaired) electrons. The van der Waals surface area contributed by atoms with Crippen molar-refractivity contribution in [1.29, 1.82) is 0 Å². The van der Waals surface area contributed by atoms with Gasteiger partial charge in [0.05, 0.1) is 23.5 Å². The predicted molar refractivity (Wildman–Crippen MR) is 79.9 cm³/mol. The van der Waals surface area contributed by atoms with Gasteiger partial charge in [-0.15, -0.1) is 0 Å². The lowest BCUT2D eigenvalue weighted by Gasteiger charge is -2.27. The van der Waals surface area contributed by atoms with Crippen LogP contribution in [0.25, 0.3) is 11.3 Å². The van der Waals surface area contributed by atoms with Crippen LogP contribution in [-0.4, -0.2) is 32.0 Å². The van der Waals surface area contributed by atoms with Crippen LogP contribution in [0.3, 0.4) is 0 Å². The van der Waals surface area contributed by atoms with Crippen LogP contribution in [0.2, 0.25) is 5.02 Å². The summed E-state index contributed by atoms with van der Waals surface area (Å²) < 4.78 is 15.6. The third-order valence-electron chi connectivity index (χ3n) is 3.66. The summed E-state index contributed by atoms with van der Waals surface area (Å²) >= 11 is 5.82. The van der Waals surface area contributed by atoms with E-state index in [1.54, 1.807) is 11.1 Å². The summed E-state index contributed by atoms with van der Waals surface area (Å²) in [6.07, 6.45) is 2.88. The zero-order valence-electron chi connectivity index (χ0n) is 11.6. The fraction of sp³-hybridized carbons (Fsp3) is 0.200. The Morgan fingerprint density at radius 3 is 2.91 bits per heavy atom. The number of hydrogen-bond acceptors (Lipinski definition) is 3. The number of phenols is 1. The monoisotopic (exact) mass is 321 g/mol. The number of aromatic nitrogens is 2. The zero-order valence-corrected chi connectivity index (χ0v) is 12.3. The Labute approximate surface area is 131 Å². The minimum atomic E-state index is -0.780. The van der Waals surface area contributed by atoms with E-state index < -0.39 is 11.6 Å². The number of nitrogens with zero attached hydrogens (tertiary/aromatic N) is 3. The van der Waals surface area contributed by atoms with Crippen molar-refractivity contribution in [3.8, 4) is 17.0 Å². The minimum absolute atomic E-state index is 0.0511. The van der Waals surface area contributed by atoms with Gasteiger partial charge in [-0.3, -0.25) is 4.79 Å². The molecule has 1 N–H and O–H groups in total. The van der Waals surface area contributed by atoms with E-state index in [4.69, 9.17) is 11.6 Å². The van der Waals surface area contributed by atoms with Crippen molar-refractivity contribution in [2.45, 2.75) is 13.1 Å². The summed E-state index contributed by atoms with van der Waals surface area (Å²) in [6.45, 7) is 4.92. The van der Waals surface area contributed by atoms with Crippen molar-refractivity contribution in [2.24, 2.45) is 0 Å².